The summed E-state index contributed by atoms with van der Waals surface area (Å²) in [7, 11) is 1.16. The zero-order chi connectivity index (χ0) is 22.7. The van der Waals surface area contributed by atoms with Gasteiger partial charge in [-0.1, -0.05) is 18.6 Å². The van der Waals surface area contributed by atoms with Gasteiger partial charge in [0, 0.05) is 41.9 Å². The fourth-order valence-electron chi connectivity index (χ4n) is 3.72. The summed E-state index contributed by atoms with van der Waals surface area (Å²) in [6.45, 7) is 0.845. The van der Waals surface area contributed by atoms with Crippen LogP contribution >= 0.6 is 0 Å². The number of non-ortho nitro benzene ring substituents is 1. The number of anilines is 1. The van der Waals surface area contributed by atoms with Crippen molar-refractivity contribution in [3.8, 4) is 11.4 Å². The van der Waals surface area contributed by atoms with Crippen molar-refractivity contribution >= 4 is 23.3 Å². The van der Waals surface area contributed by atoms with Crippen LogP contribution in [0.1, 0.15) is 45.8 Å². The van der Waals surface area contributed by atoms with Gasteiger partial charge < -0.3 is 14.6 Å². The van der Waals surface area contributed by atoms with Gasteiger partial charge in [0.1, 0.15) is 5.82 Å². The van der Waals surface area contributed by atoms with Gasteiger partial charge in [0.15, 0.2) is 5.82 Å². The number of esters is 1. The van der Waals surface area contributed by atoms with E-state index >= 15 is 0 Å². The summed E-state index contributed by atoms with van der Waals surface area (Å²) in [5.41, 5.74) is 0.813. The van der Waals surface area contributed by atoms with Crippen LogP contribution in [0.3, 0.4) is 0 Å². The molecule has 164 valence electrons. The number of hydrogen-bond acceptors (Lipinski definition) is 7. The van der Waals surface area contributed by atoms with Crippen molar-refractivity contribution in [3.05, 3.63) is 69.5 Å². The van der Waals surface area contributed by atoms with Crippen molar-refractivity contribution in [2.75, 3.05) is 12.4 Å². The number of nitro groups is 1. The molecule has 4 rings (SSSR count). The lowest BCUT2D eigenvalue weighted by molar-refractivity contribution is -0.384. The van der Waals surface area contributed by atoms with Gasteiger partial charge in [-0.15, -0.1) is 10.2 Å². The highest BCUT2D eigenvalue weighted by atomic mass is 16.6. The molecule has 0 radical (unpaired) electrons. The zero-order valence-corrected chi connectivity index (χ0v) is 17.4. The summed E-state index contributed by atoms with van der Waals surface area (Å²) in [4.78, 5) is 35.2. The Morgan fingerprint density at radius 1 is 1.09 bits per heavy atom. The van der Waals surface area contributed by atoms with Crippen LogP contribution in [0.15, 0.2) is 42.5 Å². The van der Waals surface area contributed by atoms with Crippen molar-refractivity contribution < 1.29 is 19.2 Å². The average molecular weight is 435 g/mol. The van der Waals surface area contributed by atoms with Crippen LogP contribution in [-0.4, -0.2) is 38.7 Å². The molecule has 0 spiro atoms. The Hall–Kier alpha value is -4.08. The van der Waals surface area contributed by atoms with E-state index in [2.05, 4.69) is 24.8 Å². The van der Waals surface area contributed by atoms with Crippen molar-refractivity contribution in [2.24, 2.45) is 0 Å². The number of fused-ring (bicyclic) bond motifs is 1. The fourth-order valence-corrected chi connectivity index (χ4v) is 3.72. The van der Waals surface area contributed by atoms with Crippen LogP contribution in [0.5, 0.6) is 0 Å². The Bertz CT molecular complexity index is 1200. The maximum absolute atomic E-state index is 12.8. The molecule has 1 amide bonds. The molecule has 0 aliphatic carbocycles. The molecule has 0 unspecified atom stereocenters. The van der Waals surface area contributed by atoms with Crippen LogP contribution in [0, 0.1) is 10.1 Å². The topological polar surface area (TPSA) is 129 Å². The monoisotopic (exact) mass is 435 g/mol. The van der Waals surface area contributed by atoms with Crippen LogP contribution < -0.4 is 5.32 Å². The van der Waals surface area contributed by atoms with Crippen molar-refractivity contribution in [2.45, 2.75) is 32.2 Å². The Kier molecular flexibility index (Phi) is 5.93. The normalized spacial score (nSPS) is 13.0. The largest absolute Gasteiger partial charge is 0.465 e. The second-order valence-corrected chi connectivity index (χ2v) is 7.45. The molecule has 10 nitrogen and oxygen atoms in total. The predicted octanol–water partition coefficient (Wildman–Crippen LogP) is 3.62. The van der Waals surface area contributed by atoms with Crippen LogP contribution in [0.4, 0.5) is 11.4 Å². The Morgan fingerprint density at radius 3 is 2.69 bits per heavy atom. The van der Waals surface area contributed by atoms with E-state index < -0.39 is 16.8 Å². The summed E-state index contributed by atoms with van der Waals surface area (Å²) in [6.07, 6.45) is 4.18. The number of nitro benzene ring substituents is 1. The molecule has 0 bridgehead atoms. The summed E-state index contributed by atoms with van der Waals surface area (Å²) in [5, 5.41) is 22.6. The molecule has 0 fully saturated rings. The molecule has 0 atom stereocenters. The predicted molar refractivity (Wildman–Crippen MR) is 115 cm³/mol. The number of benzene rings is 2. The number of hydrogen-bond donors (Lipinski definition) is 1. The number of ether oxygens (including phenoxy) is 1. The lowest BCUT2D eigenvalue weighted by Gasteiger charge is -2.10. The highest BCUT2D eigenvalue weighted by molar-refractivity contribution is 6.06. The second kappa shape index (κ2) is 8.96. The van der Waals surface area contributed by atoms with Crippen molar-refractivity contribution in [1.29, 1.82) is 0 Å². The number of aromatic nitrogens is 3. The molecule has 32 heavy (non-hydrogen) atoms. The number of aryl methyl sites for hydroxylation is 1. The molecule has 2 aromatic carbocycles. The lowest BCUT2D eigenvalue weighted by Crippen LogP contribution is -2.14. The van der Waals surface area contributed by atoms with E-state index in [1.807, 2.05) is 6.07 Å². The lowest BCUT2D eigenvalue weighted by atomic mass is 10.1. The Morgan fingerprint density at radius 2 is 1.91 bits per heavy atom. The summed E-state index contributed by atoms with van der Waals surface area (Å²) in [6, 6.07) is 10.6. The standard InChI is InChI=1S/C22H21N5O5/c1-32-22(29)16-10-15(12-18(13-16)27(30)31)21(28)23-17-7-5-6-14(11-17)20-25-24-19-8-3-2-4-9-26(19)20/h5-7,10-13H,2-4,8-9H2,1H3,(H,23,28). The van der Waals surface area contributed by atoms with Crippen LogP contribution in [0.25, 0.3) is 11.4 Å². The van der Waals surface area contributed by atoms with Gasteiger partial charge in [-0.3, -0.25) is 14.9 Å². The van der Waals surface area contributed by atoms with Crippen molar-refractivity contribution in [1.82, 2.24) is 14.8 Å². The number of nitrogens with one attached hydrogen (secondary N) is 1. The summed E-state index contributed by atoms with van der Waals surface area (Å²) >= 11 is 0. The number of carbonyl (C=O) groups excluding carboxylic acids is 2. The van der Waals surface area contributed by atoms with Gasteiger partial charge in [0.05, 0.1) is 17.6 Å². The molecule has 0 saturated heterocycles. The smallest absolute Gasteiger partial charge is 0.338 e. The second-order valence-electron chi connectivity index (χ2n) is 7.45. The van der Waals surface area contributed by atoms with E-state index in [0.717, 1.165) is 68.7 Å². The number of amides is 1. The molecule has 1 N–H and O–H groups in total. The molecule has 2 heterocycles. The maximum Gasteiger partial charge on any atom is 0.338 e. The average Bonchev–Trinajstić information content (AvgIpc) is 3.06. The van der Waals surface area contributed by atoms with E-state index in [0.29, 0.717) is 5.69 Å². The first-order chi connectivity index (χ1) is 15.5. The first-order valence-corrected chi connectivity index (χ1v) is 10.2. The van der Waals surface area contributed by atoms with Gasteiger partial charge in [0.2, 0.25) is 0 Å². The first kappa shape index (κ1) is 21.2. The van der Waals surface area contributed by atoms with E-state index in [-0.39, 0.29) is 16.8 Å². The molecule has 1 aliphatic heterocycles. The van der Waals surface area contributed by atoms with Gasteiger partial charge in [-0.25, -0.2) is 4.79 Å². The van der Waals surface area contributed by atoms with E-state index in [4.69, 9.17) is 0 Å². The molecule has 1 aromatic heterocycles. The molecule has 10 heteroatoms. The zero-order valence-electron chi connectivity index (χ0n) is 17.4. The number of rotatable bonds is 5. The maximum atomic E-state index is 12.8. The fraction of sp³-hybridized carbons (Fsp3) is 0.273. The SMILES string of the molecule is COC(=O)c1cc(C(=O)Nc2cccc(-c3nnc4n3CCCCC4)c2)cc([N+](=O)[O-])c1. The van der Waals surface area contributed by atoms with E-state index in [1.165, 1.54) is 6.07 Å². The van der Waals surface area contributed by atoms with Gasteiger partial charge in [0.25, 0.3) is 11.6 Å². The minimum absolute atomic E-state index is 0.0265. The van der Waals surface area contributed by atoms with Gasteiger partial charge in [-0.05, 0) is 31.0 Å². The third kappa shape index (κ3) is 4.34. The molecule has 1 aliphatic rings. The first-order valence-electron chi connectivity index (χ1n) is 10.2. The quantitative estimate of drug-likeness (QED) is 0.368. The summed E-state index contributed by atoms with van der Waals surface area (Å²) < 4.78 is 6.74. The molecule has 3 aromatic rings. The van der Waals surface area contributed by atoms with Crippen LogP contribution in [-0.2, 0) is 17.7 Å². The summed E-state index contributed by atoms with van der Waals surface area (Å²) in [5.74, 6) is 0.341. The van der Waals surface area contributed by atoms with Gasteiger partial charge >= 0.3 is 5.97 Å². The highest BCUT2D eigenvalue weighted by Gasteiger charge is 2.20. The Balaban J connectivity index is 1.61. The minimum atomic E-state index is -0.766. The molecular formula is C22H21N5O5. The Labute approximate surface area is 183 Å². The molecular weight excluding hydrogens is 414 g/mol. The van der Waals surface area contributed by atoms with Crippen LogP contribution in [0.2, 0.25) is 0 Å². The van der Waals surface area contributed by atoms with E-state index in [9.17, 15) is 19.7 Å². The third-order valence-electron chi connectivity index (χ3n) is 5.30. The number of methoxy groups -OCH3 is 1. The highest BCUT2D eigenvalue weighted by Crippen LogP contribution is 2.25. The number of nitrogens with zero attached hydrogens (tertiary/aromatic N) is 4. The molecule has 0 saturated carbocycles. The van der Waals surface area contributed by atoms with Gasteiger partial charge in [-0.2, -0.15) is 0 Å². The third-order valence-corrected chi connectivity index (χ3v) is 5.30. The van der Waals surface area contributed by atoms with E-state index in [1.54, 1.807) is 18.2 Å². The number of carbonyl (C=O) groups is 2. The minimum Gasteiger partial charge on any atom is -0.465 e. The van der Waals surface area contributed by atoms with Crippen molar-refractivity contribution in [3.63, 3.8) is 0 Å².